The van der Waals surface area contributed by atoms with Crippen molar-refractivity contribution >= 4 is 17.5 Å². The molecule has 0 atom stereocenters. The Kier molecular flexibility index (Phi) is 3.35. The van der Waals surface area contributed by atoms with Gasteiger partial charge < -0.3 is 21.2 Å². The number of hydrogen-bond donors (Lipinski definition) is 2. The highest BCUT2D eigenvalue weighted by Gasteiger charge is 2.27. The van der Waals surface area contributed by atoms with E-state index < -0.39 is 16.4 Å². The minimum atomic E-state index is -0.676. The van der Waals surface area contributed by atoms with Crippen LogP contribution in [0.1, 0.15) is 20.3 Å². The topological polar surface area (TPSA) is 116 Å². The number of nitrogens with zero attached hydrogens (tertiary/aromatic N) is 3. The molecule has 0 aromatic carbocycles. The van der Waals surface area contributed by atoms with Crippen molar-refractivity contribution in [3.05, 3.63) is 16.4 Å². The van der Waals surface area contributed by atoms with Crippen molar-refractivity contribution in [3.8, 4) is 0 Å². The zero-order chi connectivity index (χ0) is 13.2. The smallest absolute Gasteiger partial charge is 0.370 e. The predicted octanol–water partition coefficient (Wildman–Crippen LogP) is 0.394. The fraction of sp³-hybridized carbons (Fsp3) is 0.556. The molecule has 0 radical (unpaired) electrons. The molecule has 1 amide bonds. The maximum absolute atomic E-state index is 10.9. The van der Waals surface area contributed by atoms with E-state index in [4.69, 9.17) is 5.73 Å². The van der Waals surface area contributed by atoms with Gasteiger partial charge in [-0.2, -0.15) is 0 Å². The molecule has 17 heavy (non-hydrogen) atoms. The van der Waals surface area contributed by atoms with Crippen LogP contribution in [0.25, 0.3) is 0 Å². The molecule has 8 nitrogen and oxygen atoms in total. The van der Waals surface area contributed by atoms with Gasteiger partial charge in [0.25, 0.3) is 0 Å². The van der Waals surface area contributed by atoms with Gasteiger partial charge in [-0.25, -0.2) is 0 Å². The molecule has 0 fully saturated rings. The Labute approximate surface area is 98.0 Å². The first-order valence-electron chi connectivity index (χ1n) is 4.95. The highest BCUT2D eigenvalue weighted by Crippen LogP contribution is 2.25. The second-order valence-electron chi connectivity index (χ2n) is 4.44. The van der Waals surface area contributed by atoms with Crippen LogP contribution in [0, 0.1) is 10.1 Å². The Morgan fingerprint density at radius 2 is 2.29 bits per heavy atom. The summed E-state index contributed by atoms with van der Waals surface area (Å²) < 4.78 is 1.49. The molecular formula is C9H15N5O3. The van der Waals surface area contributed by atoms with Crippen LogP contribution < -0.4 is 11.1 Å². The second kappa shape index (κ2) is 4.40. The maximum atomic E-state index is 10.9. The SMILES string of the molecule is Cn1cnc([N+](=O)[O-])c1NC(C)(C)CC(N)=O. The Morgan fingerprint density at radius 3 is 2.76 bits per heavy atom. The molecule has 0 unspecified atom stereocenters. The van der Waals surface area contributed by atoms with Crippen LogP contribution in [0.3, 0.4) is 0 Å². The van der Waals surface area contributed by atoms with Crippen molar-refractivity contribution in [2.24, 2.45) is 12.8 Å². The third kappa shape index (κ3) is 3.16. The van der Waals surface area contributed by atoms with Gasteiger partial charge in [-0.15, -0.1) is 0 Å². The van der Waals surface area contributed by atoms with Gasteiger partial charge in [0, 0.05) is 19.0 Å². The van der Waals surface area contributed by atoms with Crippen LogP contribution in [0.2, 0.25) is 0 Å². The number of nitrogens with one attached hydrogen (secondary N) is 1. The molecule has 0 aliphatic carbocycles. The molecule has 0 aliphatic heterocycles. The van der Waals surface area contributed by atoms with Gasteiger partial charge in [-0.3, -0.25) is 9.36 Å². The molecular weight excluding hydrogens is 226 g/mol. The maximum Gasteiger partial charge on any atom is 0.406 e. The van der Waals surface area contributed by atoms with E-state index in [9.17, 15) is 14.9 Å². The summed E-state index contributed by atoms with van der Waals surface area (Å²) in [7, 11) is 1.63. The molecule has 0 spiro atoms. The molecule has 1 rings (SSSR count). The van der Waals surface area contributed by atoms with Crippen LogP contribution in [-0.4, -0.2) is 25.9 Å². The Bertz CT molecular complexity index is 451. The zero-order valence-corrected chi connectivity index (χ0v) is 9.93. The minimum Gasteiger partial charge on any atom is -0.370 e. The number of anilines is 1. The van der Waals surface area contributed by atoms with Crippen molar-refractivity contribution in [1.29, 1.82) is 0 Å². The average Bonchev–Trinajstić information content (AvgIpc) is 2.44. The number of rotatable bonds is 5. The predicted molar refractivity (Wildman–Crippen MR) is 61.4 cm³/mol. The third-order valence-corrected chi connectivity index (χ3v) is 2.16. The number of carbonyl (C=O) groups excluding carboxylic acids is 1. The standard InChI is InChI=1S/C9H15N5O3/c1-9(2,4-6(10)15)12-8-7(14(16)17)11-5-13(8)3/h5,12H,4H2,1-3H3,(H2,10,15). The number of imidazole rings is 1. The summed E-state index contributed by atoms with van der Waals surface area (Å²) in [6.45, 7) is 3.46. The first-order chi connectivity index (χ1) is 7.73. The number of carbonyl (C=O) groups is 1. The summed E-state index contributed by atoms with van der Waals surface area (Å²) >= 11 is 0. The number of nitrogens with two attached hydrogens (primary N) is 1. The first-order valence-corrected chi connectivity index (χ1v) is 4.95. The summed E-state index contributed by atoms with van der Waals surface area (Å²) in [6.07, 6.45) is 1.40. The Morgan fingerprint density at radius 1 is 1.71 bits per heavy atom. The normalized spacial score (nSPS) is 11.2. The molecule has 8 heteroatoms. The Hall–Kier alpha value is -2.12. The van der Waals surface area contributed by atoms with Gasteiger partial charge in [0.15, 0.2) is 0 Å². The van der Waals surface area contributed by atoms with Gasteiger partial charge in [0.05, 0.1) is 0 Å². The molecule has 1 heterocycles. The quantitative estimate of drug-likeness (QED) is 0.571. The summed E-state index contributed by atoms with van der Waals surface area (Å²) in [5.74, 6) is -0.501. The molecule has 0 saturated carbocycles. The minimum absolute atomic E-state index is 0.0648. The molecule has 0 bridgehead atoms. The van der Waals surface area contributed by atoms with Crippen LogP contribution in [0.4, 0.5) is 11.6 Å². The van der Waals surface area contributed by atoms with E-state index in [0.717, 1.165) is 0 Å². The van der Waals surface area contributed by atoms with E-state index in [1.165, 1.54) is 10.9 Å². The van der Waals surface area contributed by atoms with Crippen LogP contribution in [0.15, 0.2) is 6.33 Å². The monoisotopic (exact) mass is 241 g/mol. The number of hydrogen-bond acceptors (Lipinski definition) is 5. The fourth-order valence-electron chi connectivity index (χ4n) is 1.50. The highest BCUT2D eigenvalue weighted by atomic mass is 16.6. The lowest BCUT2D eigenvalue weighted by Crippen LogP contribution is -2.36. The van der Waals surface area contributed by atoms with E-state index >= 15 is 0 Å². The first kappa shape index (κ1) is 12.9. The number of nitro groups is 1. The lowest BCUT2D eigenvalue weighted by Gasteiger charge is -2.25. The largest absolute Gasteiger partial charge is 0.406 e. The lowest BCUT2D eigenvalue weighted by atomic mass is 10.0. The summed E-state index contributed by atoms with van der Waals surface area (Å²) in [4.78, 5) is 24.7. The molecule has 1 aromatic rings. The summed E-state index contributed by atoms with van der Waals surface area (Å²) in [6, 6.07) is 0. The lowest BCUT2D eigenvalue weighted by molar-refractivity contribution is -0.388. The van der Waals surface area contributed by atoms with E-state index in [0.29, 0.717) is 0 Å². The number of amides is 1. The van der Waals surface area contributed by atoms with Crippen LogP contribution >= 0.6 is 0 Å². The summed E-state index contributed by atoms with van der Waals surface area (Å²) in [5.41, 5.74) is 4.43. The molecule has 0 saturated heterocycles. The van der Waals surface area contributed by atoms with Crippen molar-refractivity contribution < 1.29 is 9.72 Å². The molecule has 0 aliphatic rings. The van der Waals surface area contributed by atoms with Crippen LogP contribution in [0.5, 0.6) is 0 Å². The highest BCUT2D eigenvalue weighted by molar-refractivity contribution is 5.75. The van der Waals surface area contributed by atoms with E-state index in [1.807, 2.05) is 0 Å². The van der Waals surface area contributed by atoms with Crippen molar-refractivity contribution in [3.63, 3.8) is 0 Å². The van der Waals surface area contributed by atoms with Gasteiger partial charge in [0.2, 0.25) is 18.1 Å². The molecule has 1 aromatic heterocycles. The van der Waals surface area contributed by atoms with Crippen molar-refractivity contribution in [2.75, 3.05) is 5.32 Å². The number of primary amides is 1. The second-order valence-corrected chi connectivity index (χ2v) is 4.44. The average molecular weight is 241 g/mol. The Balaban J connectivity index is 2.98. The van der Waals surface area contributed by atoms with Crippen molar-refractivity contribution in [2.45, 2.75) is 25.8 Å². The van der Waals surface area contributed by atoms with Gasteiger partial charge in [0.1, 0.15) is 0 Å². The van der Waals surface area contributed by atoms with E-state index in [1.54, 1.807) is 20.9 Å². The molecule has 94 valence electrons. The summed E-state index contributed by atoms with van der Waals surface area (Å²) in [5, 5.41) is 13.6. The van der Waals surface area contributed by atoms with Crippen LogP contribution in [-0.2, 0) is 11.8 Å². The third-order valence-electron chi connectivity index (χ3n) is 2.16. The zero-order valence-electron chi connectivity index (χ0n) is 9.93. The van der Waals surface area contributed by atoms with E-state index in [-0.39, 0.29) is 18.1 Å². The van der Waals surface area contributed by atoms with E-state index in [2.05, 4.69) is 10.3 Å². The van der Waals surface area contributed by atoms with Gasteiger partial charge in [-0.1, -0.05) is 0 Å². The molecule has 3 N–H and O–H groups in total. The van der Waals surface area contributed by atoms with Gasteiger partial charge in [-0.05, 0) is 23.8 Å². The number of aromatic nitrogens is 2. The van der Waals surface area contributed by atoms with Gasteiger partial charge >= 0.3 is 5.82 Å². The number of aryl methyl sites for hydroxylation is 1. The fourth-order valence-corrected chi connectivity index (χ4v) is 1.50. The van der Waals surface area contributed by atoms with Crippen molar-refractivity contribution in [1.82, 2.24) is 9.55 Å².